The lowest BCUT2D eigenvalue weighted by molar-refractivity contribution is -0.136. The van der Waals surface area contributed by atoms with E-state index < -0.39 is 5.97 Å². The molecular weight excluding hydrogens is 244 g/mol. The molecular formula is C14H18N2O3. The van der Waals surface area contributed by atoms with Crippen molar-refractivity contribution in [2.24, 2.45) is 0 Å². The number of aryl methyl sites for hydroxylation is 1. The van der Waals surface area contributed by atoms with E-state index in [1.54, 1.807) is 0 Å². The minimum absolute atomic E-state index is 0.0210. The second kappa shape index (κ2) is 5.73. The summed E-state index contributed by atoms with van der Waals surface area (Å²) >= 11 is 0. The lowest BCUT2D eigenvalue weighted by Crippen LogP contribution is -2.28. The van der Waals surface area contributed by atoms with Crippen molar-refractivity contribution in [3.63, 3.8) is 0 Å². The molecule has 0 saturated heterocycles. The van der Waals surface area contributed by atoms with Gasteiger partial charge in [-0.25, -0.2) is 0 Å². The number of carbonyl (C=O) groups excluding carboxylic acids is 1. The average Bonchev–Trinajstić information content (AvgIpc) is 2.54. The Labute approximate surface area is 112 Å². The van der Waals surface area contributed by atoms with Gasteiger partial charge in [-0.15, -0.1) is 0 Å². The highest BCUT2D eigenvalue weighted by atomic mass is 16.4. The molecule has 1 aliphatic rings. The van der Waals surface area contributed by atoms with E-state index in [1.807, 2.05) is 23.1 Å². The van der Waals surface area contributed by atoms with Crippen LogP contribution in [0, 0.1) is 0 Å². The maximum Gasteiger partial charge on any atom is 0.305 e. The Balaban J connectivity index is 2.36. The summed E-state index contributed by atoms with van der Waals surface area (Å²) in [6.45, 7) is 3.04. The number of benzene rings is 1. The molecule has 1 aliphatic heterocycles. The van der Waals surface area contributed by atoms with Crippen LogP contribution in [0.4, 0.5) is 11.4 Å². The average molecular weight is 262 g/mol. The molecule has 0 radical (unpaired) electrons. The highest BCUT2D eigenvalue weighted by Gasteiger charge is 2.21. The number of carboxylic acid groups (broad SMARTS) is 1. The number of aliphatic carboxylic acids is 1. The Morgan fingerprint density at radius 1 is 1.47 bits per heavy atom. The monoisotopic (exact) mass is 262 g/mol. The Hall–Kier alpha value is -2.04. The highest BCUT2D eigenvalue weighted by molar-refractivity contribution is 5.97. The van der Waals surface area contributed by atoms with Crippen LogP contribution >= 0.6 is 0 Å². The van der Waals surface area contributed by atoms with Crippen molar-refractivity contribution in [1.29, 1.82) is 0 Å². The second-order valence-corrected chi connectivity index (χ2v) is 4.60. The summed E-state index contributed by atoms with van der Waals surface area (Å²) < 4.78 is 0. The second-order valence-electron chi connectivity index (χ2n) is 4.60. The molecule has 0 saturated carbocycles. The zero-order valence-electron chi connectivity index (χ0n) is 11.0. The first-order chi connectivity index (χ1) is 9.11. The van der Waals surface area contributed by atoms with Crippen molar-refractivity contribution >= 4 is 23.3 Å². The molecule has 1 heterocycles. The Morgan fingerprint density at radius 2 is 2.26 bits per heavy atom. The van der Waals surface area contributed by atoms with Gasteiger partial charge in [0.05, 0.1) is 17.8 Å². The van der Waals surface area contributed by atoms with Crippen LogP contribution in [0.3, 0.4) is 0 Å². The van der Waals surface area contributed by atoms with Gasteiger partial charge in [0.2, 0.25) is 5.91 Å². The van der Waals surface area contributed by atoms with E-state index in [2.05, 4.69) is 12.2 Å². The number of nitrogens with zero attached hydrogens (tertiary/aromatic N) is 1. The summed E-state index contributed by atoms with van der Waals surface area (Å²) in [5.74, 6) is -0.841. The van der Waals surface area contributed by atoms with Gasteiger partial charge >= 0.3 is 5.97 Å². The normalized spacial score (nSPS) is 14.6. The number of amides is 1. The number of hydrogen-bond acceptors (Lipinski definition) is 3. The van der Waals surface area contributed by atoms with Crippen molar-refractivity contribution in [3.05, 3.63) is 23.8 Å². The fraction of sp³-hybridized carbons (Fsp3) is 0.429. The Kier molecular flexibility index (Phi) is 4.04. The van der Waals surface area contributed by atoms with Gasteiger partial charge in [-0.2, -0.15) is 0 Å². The van der Waals surface area contributed by atoms with Crippen molar-refractivity contribution < 1.29 is 14.7 Å². The Morgan fingerprint density at radius 3 is 2.95 bits per heavy atom. The van der Waals surface area contributed by atoms with Crippen LogP contribution in [0.15, 0.2) is 18.2 Å². The van der Waals surface area contributed by atoms with Gasteiger partial charge in [0.15, 0.2) is 0 Å². The third-order valence-corrected chi connectivity index (χ3v) is 3.30. The topological polar surface area (TPSA) is 69.6 Å². The predicted molar refractivity (Wildman–Crippen MR) is 73.5 cm³/mol. The summed E-state index contributed by atoms with van der Waals surface area (Å²) in [4.78, 5) is 24.4. The third-order valence-electron chi connectivity index (χ3n) is 3.30. The molecule has 0 aliphatic carbocycles. The van der Waals surface area contributed by atoms with Crippen LogP contribution in [0.2, 0.25) is 0 Å². The van der Waals surface area contributed by atoms with E-state index in [4.69, 9.17) is 5.11 Å². The number of fused-ring (bicyclic) bond motifs is 1. The number of hydrogen-bond donors (Lipinski definition) is 2. The largest absolute Gasteiger partial charge is 0.481 e. The summed E-state index contributed by atoms with van der Waals surface area (Å²) in [5.41, 5.74) is 2.88. The van der Waals surface area contributed by atoms with Crippen LogP contribution in [-0.4, -0.2) is 30.1 Å². The van der Waals surface area contributed by atoms with E-state index in [0.29, 0.717) is 19.5 Å². The first-order valence-electron chi connectivity index (χ1n) is 6.50. The first-order valence-corrected chi connectivity index (χ1v) is 6.50. The van der Waals surface area contributed by atoms with E-state index in [9.17, 15) is 9.59 Å². The molecule has 0 fully saturated rings. The molecule has 0 bridgehead atoms. The molecule has 5 heteroatoms. The van der Waals surface area contributed by atoms with Crippen LogP contribution < -0.4 is 10.2 Å². The van der Waals surface area contributed by atoms with E-state index in [0.717, 1.165) is 23.4 Å². The van der Waals surface area contributed by atoms with E-state index in [-0.39, 0.29) is 12.3 Å². The van der Waals surface area contributed by atoms with Crippen molar-refractivity contribution in [2.45, 2.75) is 26.2 Å². The van der Waals surface area contributed by atoms with Gasteiger partial charge < -0.3 is 15.3 Å². The molecule has 0 aromatic heterocycles. The Bertz CT molecular complexity index is 499. The molecule has 1 aromatic carbocycles. The number of para-hydroxylation sites is 1. The predicted octanol–water partition coefficient (Wildman–Crippen LogP) is 1.87. The summed E-state index contributed by atoms with van der Waals surface area (Å²) in [7, 11) is 0. The maximum atomic E-state index is 11.7. The molecule has 1 amide bonds. The number of nitrogens with one attached hydrogen (secondary N) is 1. The van der Waals surface area contributed by atoms with E-state index >= 15 is 0 Å². The zero-order chi connectivity index (χ0) is 13.8. The first kappa shape index (κ1) is 13.4. The SMILES string of the molecule is CCc1cccc2c1N(CCC(=O)O)CCC(=O)N2. The van der Waals surface area contributed by atoms with Gasteiger partial charge in [0.1, 0.15) is 0 Å². The van der Waals surface area contributed by atoms with Gasteiger partial charge in [-0.1, -0.05) is 19.1 Å². The van der Waals surface area contributed by atoms with Crippen LogP contribution in [0.25, 0.3) is 0 Å². The fourth-order valence-electron chi connectivity index (χ4n) is 2.37. The molecule has 1 aromatic rings. The van der Waals surface area contributed by atoms with Crippen molar-refractivity contribution in [2.75, 3.05) is 23.3 Å². The fourth-order valence-corrected chi connectivity index (χ4v) is 2.37. The minimum Gasteiger partial charge on any atom is -0.481 e. The van der Waals surface area contributed by atoms with Crippen molar-refractivity contribution in [3.8, 4) is 0 Å². The summed E-state index contributed by atoms with van der Waals surface area (Å²) in [6.07, 6.45) is 1.31. The number of carboxylic acids is 1. The quantitative estimate of drug-likeness (QED) is 0.869. The molecule has 2 rings (SSSR count). The number of rotatable bonds is 4. The zero-order valence-corrected chi connectivity index (χ0v) is 11.0. The lowest BCUT2D eigenvalue weighted by atomic mass is 10.1. The lowest BCUT2D eigenvalue weighted by Gasteiger charge is -2.26. The molecule has 5 nitrogen and oxygen atoms in total. The van der Waals surface area contributed by atoms with Crippen LogP contribution in [0.1, 0.15) is 25.3 Å². The smallest absolute Gasteiger partial charge is 0.305 e. The molecule has 102 valence electrons. The van der Waals surface area contributed by atoms with E-state index in [1.165, 1.54) is 0 Å². The number of carbonyl (C=O) groups is 2. The molecule has 0 spiro atoms. The van der Waals surface area contributed by atoms with Gasteiger partial charge in [0.25, 0.3) is 0 Å². The van der Waals surface area contributed by atoms with Crippen LogP contribution in [-0.2, 0) is 16.0 Å². The maximum absolute atomic E-state index is 11.7. The summed E-state index contributed by atoms with van der Waals surface area (Å²) in [5, 5.41) is 11.7. The molecule has 0 unspecified atom stereocenters. The minimum atomic E-state index is -0.820. The van der Waals surface area contributed by atoms with Crippen molar-refractivity contribution in [1.82, 2.24) is 0 Å². The molecule has 0 atom stereocenters. The summed E-state index contributed by atoms with van der Waals surface area (Å²) in [6, 6.07) is 5.80. The number of anilines is 2. The van der Waals surface area contributed by atoms with Crippen LogP contribution in [0.5, 0.6) is 0 Å². The highest BCUT2D eigenvalue weighted by Crippen LogP contribution is 2.33. The standard InChI is InChI=1S/C14H18N2O3/c1-2-10-4-3-5-11-14(10)16(9-7-13(18)19)8-6-12(17)15-11/h3-5H,2,6-9H2,1H3,(H,15,17)(H,18,19). The van der Waals surface area contributed by atoms with Gasteiger partial charge in [-0.3, -0.25) is 9.59 Å². The van der Waals surface area contributed by atoms with Gasteiger partial charge in [0, 0.05) is 19.5 Å². The molecule has 2 N–H and O–H groups in total. The molecule has 19 heavy (non-hydrogen) atoms. The van der Waals surface area contributed by atoms with Gasteiger partial charge in [-0.05, 0) is 18.1 Å². The third kappa shape index (κ3) is 3.05.